The average molecular weight is 258 g/mol. The first-order valence-corrected chi connectivity index (χ1v) is 6.53. The van der Waals surface area contributed by atoms with Gasteiger partial charge >= 0.3 is 0 Å². The molecule has 1 saturated carbocycles. The van der Waals surface area contributed by atoms with Crippen LogP contribution in [0.2, 0.25) is 0 Å². The molecule has 0 aromatic heterocycles. The van der Waals surface area contributed by atoms with E-state index >= 15 is 0 Å². The van der Waals surface area contributed by atoms with Crippen molar-refractivity contribution in [2.45, 2.75) is 12.8 Å². The highest BCUT2D eigenvalue weighted by Crippen LogP contribution is 2.28. The highest BCUT2D eigenvalue weighted by Gasteiger charge is 2.21. The molecule has 0 saturated heterocycles. The molecule has 0 aliphatic heterocycles. The molecule has 0 amide bonds. The van der Waals surface area contributed by atoms with E-state index in [2.05, 4.69) is 6.07 Å². The molecule has 0 bridgehead atoms. The molecule has 0 unspecified atom stereocenters. The van der Waals surface area contributed by atoms with Crippen molar-refractivity contribution >= 4 is 12.0 Å². The summed E-state index contributed by atoms with van der Waals surface area (Å²) in [5.74, 6) is 0.770. The molecule has 1 aliphatic rings. The second kappa shape index (κ2) is 6.35. The van der Waals surface area contributed by atoms with Crippen molar-refractivity contribution < 1.29 is 9.53 Å². The first kappa shape index (κ1) is 13.6. The zero-order valence-electron chi connectivity index (χ0n) is 11.1. The molecule has 0 spiro atoms. The summed E-state index contributed by atoms with van der Waals surface area (Å²) in [6.45, 7) is 2.25. The summed E-state index contributed by atoms with van der Waals surface area (Å²) >= 11 is 0. The minimum Gasteiger partial charge on any atom is -0.379 e. The Kier molecular flexibility index (Phi) is 4.53. The molecule has 0 N–H and O–H groups in total. The summed E-state index contributed by atoms with van der Waals surface area (Å²) in [6.07, 6.45) is 3.34. The summed E-state index contributed by atoms with van der Waals surface area (Å²) in [5, 5.41) is 9.12. The molecular weight excluding hydrogens is 240 g/mol. The third-order valence-corrected chi connectivity index (χ3v) is 3.31. The minimum absolute atomic E-state index is 0.522. The van der Waals surface area contributed by atoms with Crippen molar-refractivity contribution in [1.29, 1.82) is 5.26 Å². The quantitative estimate of drug-likeness (QED) is 0.556. The Balaban J connectivity index is 1.91. The predicted molar refractivity (Wildman–Crippen MR) is 73.4 cm³/mol. The minimum atomic E-state index is 0.522. The predicted octanol–water partition coefficient (Wildman–Crippen LogP) is 2.23. The van der Waals surface area contributed by atoms with Crippen molar-refractivity contribution in [3.63, 3.8) is 0 Å². The van der Waals surface area contributed by atoms with Crippen molar-refractivity contribution in [3.8, 4) is 6.07 Å². The lowest BCUT2D eigenvalue weighted by atomic mass is 10.1. The number of likely N-dealkylation sites (N-methyl/N-ethyl adjacent to an activating group) is 1. The standard InChI is InChI=1S/C15H18N2O2/c1-17(6-7-19-11-12-2-3-12)15-5-4-13(10-18)8-14(15)9-16/h4-5,8,10,12H,2-3,6-7,11H2,1H3. The number of nitrogens with zero attached hydrogens (tertiary/aromatic N) is 2. The van der Waals surface area contributed by atoms with Crippen LogP contribution in [-0.4, -0.2) is 33.1 Å². The van der Waals surface area contributed by atoms with Gasteiger partial charge < -0.3 is 9.64 Å². The van der Waals surface area contributed by atoms with E-state index in [0.29, 0.717) is 17.7 Å². The van der Waals surface area contributed by atoms with Crippen LogP contribution in [0.25, 0.3) is 0 Å². The van der Waals surface area contributed by atoms with Crippen LogP contribution in [-0.2, 0) is 4.74 Å². The van der Waals surface area contributed by atoms with E-state index in [4.69, 9.17) is 10.00 Å². The average Bonchev–Trinajstić information content (AvgIpc) is 3.26. The first-order valence-electron chi connectivity index (χ1n) is 6.53. The molecule has 1 fully saturated rings. The number of aldehydes is 1. The summed E-state index contributed by atoms with van der Waals surface area (Å²) in [7, 11) is 1.93. The van der Waals surface area contributed by atoms with Crippen molar-refractivity contribution in [3.05, 3.63) is 29.3 Å². The number of hydrogen-bond donors (Lipinski definition) is 0. The fourth-order valence-corrected chi connectivity index (χ4v) is 1.91. The summed E-state index contributed by atoms with van der Waals surface area (Å²) in [4.78, 5) is 12.7. The van der Waals surface area contributed by atoms with E-state index in [1.165, 1.54) is 12.8 Å². The lowest BCUT2D eigenvalue weighted by Gasteiger charge is -2.20. The van der Waals surface area contributed by atoms with Crippen LogP contribution in [0.3, 0.4) is 0 Å². The number of anilines is 1. The van der Waals surface area contributed by atoms with E-state index in [1.807, 2.05) is 18.0 Å². The van der Waals surface area contributed by atoms with E-state index in [1.54, 1.807) is 12.1 Å². The zero-order valence-corrected chi connectivity index (χ0v) is 11.1. The van der Waals surface area contributed by atoms with Gasteiger partial charge in [0.2, 0.25) is 0 Å². The van der Waals surface area contributed by atoms with Gasteiger partial charge in [0.1, 0.15) is 12.4 Å². The van der Waals surface area contributed by atoms with E-state index in [9.17, 15) is 4.79 Å². The number of carbonyl (C=O) groups excluding carboxylic acids is 1. The topological polar surface area (TPSA) is 53.3 Å². The number of rotatable bonds is 7. The molecule has 19 heavy (non-hydrogen) atoms. The van der Waals surface area contributed by atoms with E-state index in [-0.39, 0.29) is 0 Å². The molecule has 1 aliphatic carbocycles. The molecule has 100 valence electrons. The molecule has 4 nitrogen and oxygen atoms in total. The van der Waals surface area contributed by atoms with Crippen LogP contribution >= 0.6 is 0 Å². The van der Waals surface area contributed by atoms with Crippen LogP contribution in [0.4, 0.5) is 5.69 Å². The fraction of sp³-hybridized carbons (Fsp3) is 0.467. The Morgan fingerprint density at radius 2 is 2.32 bits per heavy atom. The zero-order chi connectivity index (χ0) is 13.7. The second-order valence-electron chi connectivity index (χ2n) is 4.95. The van der Waals surface area contributed by atoms with Gasteiger partial charge in [-0.15, -0.1) is 0 Å². The Bertz CT molecular complexity index is 489. The third kappa shape index (κ3) is 3.80. The summed E-state index contributed by atoms with van der Waals surface area (Å²) < 4.78 is 5.59. The monoisotopic (exact) mass is 258 g/mol. The highest BCUT2D eigenvalue weighted by atomic mass is 16.5. The molecule has 2 rings (SSSR count). The van der Waals surface area contributed by atoms with Gasteiger partial charge in [-0.1, -0.05) is 0 Å². The Morgan fingerprint density at radius 3 is 2.95 bits per heavy atom. The Labute approximate surface area is 113 Å². The molecule has 1 aromatic rings. The van der Waals surface area contributed by atoms with Crippen molar-refractivity contribution in [2.75, 3.05) is 31.7 Å². The smallest absolute Gasteiger partial charge is 0.150 e. The maximum atomic E-state index is 10.7. The molecule has 0 radical (unpaired) electrons. The summed E-state index contributed by atoms with van der Waals surface area (Å²) in [6, 6.07) is 7.28. The first-order chi connectivity index (χ1) is 9.24. The van der Waals surface area contributed by atoms with Gasteiger partial charge in [-0.05, 0) is 37.0 Å². The van der Waals surface area contributed by atoms with Crippen LogP contribution in [0.5, 0.6) is 0 Å². The molecule has 1 aromatic carbocycles. The molecule has 0 atom stereocenters. The maximum absolute atomic E-state index is 10.7. The van der Waals surface area contributed by atoms with Gasteiger partial charge in [0.25, 0.3) is 0 Å². The fourth-order valence-electron chi connectivity index (χ4n) is 1.91. The molecule has 0 heterocycles. The number of hydrogen-bond acceptors (Lipinski definition) is 4. The van der Waals surface area contributed by atoms with Crippen LogP contribution < -0.4 is 4.90 Å². The van der Waals surface area contributed by atoms with Gasteiger partial charge in [0.05, 0.1) is 17.9 Å². The number of ether oxygens (including phenoxy) is 1. The normalized spacial score (nSPS) is 13.9. The molecule has 4 heteroatoms. The summed E-state index contributed by atoms with van der Waals surface area (Å²) in [5.41, 5.74) is 1.89. The number of carbonyl (C=O) groups is 1. The van der Waals surface area contributed by atoms with Crippen LogP contribution in [0.15, 0.2) is 18.2 Å². The Hall–Kier alpha value is -1.86. The van der Waals surface area contributed by atoms with Crippen LogP contribution in [0.1, 0.15) is 28.8 Å². The lowest BCUT2D eigenvalue weighted by Crippen LogP contribution is -2.23. The Morgan fingerprint density at radius 1 is 1.53 bits per heavy atom. The largest absolute Gasteiger partial charge is 0.379 e. The molecular formula is C15H18N2O2. The van der Waals surface area contributed by atoms with Gasteiger partial charge in [0, 0.05) is 25.8 Å². The maximum Gasteiger partial charge on any atom is 0.150 e. The van der Waals surface area contributed by atoms with Gasteiger partial charge in [0.15, 0.2) is 0 Å². The van der Waals surface area contributed by atoms with Crippen LogP contribution in [0, 0.1) is 17.2 Å². The SMILES string of the molecule is CN(CCOCC1CC1)c1ccc(C=O)cc1C#N. The van der Waals surface area contributed by atoms with E-state index in [0.717, 1.165) is 31.0 Å². The third-order valence-electron chi connectivity index (χ3n) is 3.31. The van der Waals surface area contributed by atoms with Gasteiger partial charge in [-0.3, -0.25) is 4.79 Å². The second-order valence-corrected chi connectivity index (χ2v) is 4.95. The van der Waals surface area contributed by atoms with Crippen molar-refractivity contribution in [2.24, 2.45) is 5.92 Å². The highest BCUT2D eigenvalue weighted by molar-refractivity contribution is 5.78. The lowest BCUT2D eigenvalue weighted by molar-refractivity contribution is 0.112. The number of nitriles is 1. The van der Waals surface area contributed by atoms with E-state index < -0.39 is 0 Å². The van der Waals surface area contributed by atoms with Gasteiger partial charge in [-0.2, -0.15) is 5.26 Å². The van der Waals surface area contributed by atoms with Gasteiger partial charge in [-0.25, -0.2) is 0 Å². The number of benzene rings is 1. The van der Waals surface area contributed by atoms with Crippen molar-refractivity contribution in [1.82, 2.24) is 0 Å².